The van der Waals surface area contributed by atoms with Crippen LogP contribution in [0.5, 0.6) is 0 Å². The standard InChI is InChI=1S/C15H13ClO/c16-11-6-7-12-14(8-11)13(9-15(12)17)10-4-2-1-3-5-10/h1-8,13,15,17H,9H2/t13-,15-/m0/s1. The summed E-state index contributed by atoms with van der Waals surface area (Å²) in [7, 11) is 0. The molecule has 1 aliphatic carbocycles. The molecule has 2 atom stereocenters. The fourth-order valence-electron chi connectivity index (χ4n) is 2.63. The van der Waals surface area contributed by atoms with Gasteiger partial charge in [0.25, 0.3) is 0 Å². The molecule has 0 heterocycles. The lowest BCUT2D eigenvalue weighted by Crippen LogP contribution is -1.95. The van der Waals surface area contributed by atoms with Crippen LogP contribution in [-0.4, -0.2) is 5.11 Å². The number of aliphatic hydroxyl groups is 1. The molecule has 1 N–H and O–H groups in total. The average Bonchev–Trinajstić information content (AvgIpc) is 2.67. The average molecular weight is 245 g/mol. The number of halogens is 1. The van der Waals surface area contributed by atoms with E-state index in [1.807, 2.05) is 36.4 Å². The second kappa shape index (κ2) is 4.17. The van der Waals surface area contributed by atoms with Gasteiger partial charge in [0, 0.05) is 10.9 Å². The van der Waals surface area contributed by atoms with Crippen molar-refractivity contribution in [1.82, 2.24) is 0 Å². The Morgan fingerprint density at radius 2 is 1.76 bits per heavy atom. The van der Waals surface area contributed by atoms with Crippen LogP contribution in [0.2, 0.25) is 5.02 Å². The molecule has 2 aromatic carbocycles. The zero-order valence-corrected chi connectivity index (χ0v) is 10.1. The molecule has 0 aromatic heterocycles. The van der Waals surface area contributed by atoms with Crippen LogP contribution in [0.1, 0.15) is 35.1 Å². The number of fused-ring (bicyclic) bond motifs is 1. The molecule has 0 saturated heterocycles. The van der Waals surface area contributed by atoms with Gasteiger partial charge in [-0.1, -0.05) is 48.0 Å². The Balaban J connectivity index is 2.09. The van der Waals surface area contributed by atoms with E-state index < -0.39 is 0 Å². The molecule has 3 rings (SSSR count). The van der Waals surface area contributed by atoms with E-state index in [4.69, 9.17) is 11.6 Å². The maximum atomic E-state index is 10.1. The number of benzene rings is 2. The third-order valence-corrected chi connectivity index (χ3v) is 3.68. The predicted octanol–water partition coefficient (Wildman–Crippen LogP) is 3.91. The van der Waals surface area contributed by atoms with Crippen molar-refractivity contribution in [2.24, 2.45) is 0 Å². The van der Waals surface area contributed by atoms with Crippen molar-refractivity contribution in [3.8, 4) is 0 Å². The molecule has 86 valence electrons. The van der Waals surface area contributed by atoms with Crippen molar-refractivity contribution in [1.29, 1.82) is 0 Å². The van der Waals surface area contributed by atoms with E-state index in [9.17, 15) is 5.11 Å². The molecule has 1 nitrogen and oxygen atoms in total. The van der Waals surface area contributed by atoms with Crippen LogP contribution in [0, 0.1) is 0 Å². The molecule has 2 aromatic rings. The lowest BCUT2D eigenvalue weighted by molar-refractivity contribution is 0.176. The van der Waals surface area contributed by atoms with Crippen LogP contribution in [0.25, 0.3) is 0 Å². The van der Waals surface area contributed by atoms with E-state index in [-0.39, 0.29) is 12.0 Å². The van der Waals surface area contributed by atoms with Gasteiger partial charge in [-0.25, -0.2) is 0 Å². The van der Waals surface area contributed by atoms with E-state index in [1.54, 1.807) is 0 Å². The van der Waals surface area contributed by atoms with E-state index in [2.05, 4.69) is 12.1 Å². The van der Waals surface area contributed by atoms with Crippen molar-refractivity contribution in [3.63, 3.8) is 0 Å². The first-order valence-electron chi connectivity index (χ1n) is 5.78. The highest BCUT2D eigenvalue weighted by molar-refractivity contribution is 6.30. The maximum Gasteiger partial charge on any atom is 0.0802 e. The molecular weight excluding hydrogens is 232 g/mol. The van der Waals surface area contributed by atoms with Gasteiger partial charge in [-0.05, 0) is 35.2 Å². The van der Waals surface area contributed by atoms with Crippen LogP contribution in [-0.2, 0) is 0 Å². The topological polar surface area (TPSA) is 20.2 Å². The molecule has 0 bridgehead atoms. The zero-order valence-electron chi connectivity index (χ0n) is 9.31. The SMILES string of the molecule is O[C@H]1C[C@@H](c2ccccc2)c2cc(Cl)ccc21. The minimum absolute atomic E-state index is 0.264. The molecule has 0 unspecified atom stereocenters. The van der Waals surface area contributed by atoms with E-state index in [1.165, 1.54) is 5.56 Å². The molecule has 0 fully saturated rings. The van der Waals surface area contributed by atoms with Gasteiger partial charge in [0.05, 0.1) is 6.10 Å². The first-order chi connectivity index (χ1) is 8.25. The van der Waals surface area contributed by atoms with Gasteiger partial charge in [-0.2, -0.15) is 0 Å². The van der Waals surface area contributed by atoms with E-state index in [0.29, 0.717) is 0 Å². The summed E-state index contributed by atoms with van der Waals surface area (Å²) in [5, 5.41) is 10.8. The van der Waals surface area contributed by atoms with Crippen molar-refractivity contribution < 1.29 is 5.11 Å². The quantitative estimate of drug-likeness (QED) is 0.807. The van der Waals surface area contributed by atoms with Gasteiger partial charge >= 0.3 is 0 Å². The summed E-state index contributed by atoms with van der Waals surface area (Å²) in [6, 6.07) is 16.0. The molecule has 0 radical (unpaired) electrons. The van der Waals surface area contributed by atoms with Crippen LogP contribution < -0.4 is 0 Å². The van der Waals surface area contributed by atoms with Gasteiger partial charge in [-0.15, -0.1) is 0 Å². The number of rotatable bonds is 1. The monoisotopic (exact) mass is 244 g/mol. The van der Waals surface area contributed by atoms with Crippen molar-refractivity contribution in [2.45, 2.75) is 18.4 Å². The first kappa shape index (κ1) is 10.8. The van der Waals surface area contributed by atoms with Gasteiger partial charge < -0.3 is 5.11 Å². The van der Waals surface area contributed by atoms with E-state index >= 15 is 0 Å². The Morgan fingerprint density at radius 3 is 2.53 bits per heavy atom. The molecule has 0 amide bonds. The second-order valence-electron chi connectivity index (χ2n) is 4.49. The van der Waals surface area contributed by atoms with Gasteiger partial charge in [0.2, 0.25) is 0 Å². The molecule has 0 spiro atoms. The highest BCUT2D eigenvalue weighted by Gasteiger charge is 2.30. The lowest BCUT2D eigenvalue weighted by Gasteiger charge is -2.11. The van der Waals surface area contributed by atoms with Crippen molar-refractivity contribution in [3.05, 3.63) is 70.2 Å². The highest BCUT2D eigenvalue weighted by Crippen LogP contribution is 2.44. The lowest BCUT2D eigenvalue weighted by atomic mass is 9.93. The van der Waals surface area contributed by atoms with Gasteiger partial charge in [0.1, 0.15) is 0 Å². The molecule has 0 aliphatic heterocycles. The summed E-state index contributed by atoms with van der Waals surface area (Å²) >= 11 is 6.04. The second-order valence-corrected chi connectivity index (χ2v) is 4.92. The Hall–Kier alpha value is -1.31. The number of hydrogen-bond acceptors (Lipinski definition) is 1. The maximum absolute atomic E-state index is 10.1. The Labute approximate surface area is 106 Å². The van der Waals surface area contributed by atoms with Crippen LogP contribution >= 0.6 is 11.6 Å². The van der Waals surface area contributed by atoms with Crippen LogP contribution in [0.15, 0.2) is 48.5 Å². The summed E-state index contributed by atoms with van der Waals surface area (Å²) in [5.74, 6) is 0.264. The summed E-state index contributed by atoms with van der Waals surface area (Å²) in [4.78, 5) is 0. The fraction of sp³-hybridized carbons (Fsp3) is 0.200. The minimum Gasteiger partial charge on any atom is -0.388 e. The third kappa shape index (κ3) is 1.86. The summed E-state index contributed by atoms with van der Waals surface area (Å²) < 4.78 is 0. The van der Waals surface area contributed by atoms with Gasteiger partial charge in [0.15, 0.2) is 0 Å². The summed E-state index contributed by atoms with van der Waals surface area (Å²) in [5.41, 5.74) is 3.42. The molecule has 2 heteroatoms. The number of hydrogen-bond donors (Lipinski definition) is 1. The molecular formula is C15H13ClO. The Morgan fingerprint density at radius 1 is 1.00 bits per heavy atom. The van der Waals surface area contributed by atoms with Crippen molar-refractivity contribution >= 4 is 11.6 Å². The Bertz CT molecular complexity index is 536. The smallest absolute Gasteiger partial charge is 0.0802 e. The predicted molar refractivity (Wildman–Crippen MR) is 69.3 cm³/mol. The first-order valence-corrected chi connectivity index (χ1v) is 6.16. The van der Waals surface area contributed by atoms with Crippen molar-refractivity contribution in [2.75, 3.05) is 0 Å². The molecule has 1 aliphatic rings. The number of aliphatic hydroxyl groups excluding tert-OH is 1. The fourth-order valence-corrected chi connectivity index (χ4v) is 2.81. The van der Waals surface area contributed by atoms with Gasteiger partial charge in [-0.3, -0.25) is 0 Å². The normalized spacial score (nSPS) is 22.5. The van der Waals surface area contributed by atoms with E-state index in [0.717, 1.165) is 22.6 Å². The summed E-state index contributed by atoms with van der Waals surface area (Å²) in [6.45, 7) is 0. The molecule has 17 heavy (non-hydrogen) atoms. The largest absolute Gasteiger partial charge is 0.388 e. The zero-order chi connectivity index (χ0) is 11.8. The van der Waals surface area contributed by atoms with Crippen LogP contribution in [0.3, 0.4) is 0 Å². The third-order valence-electron chi connectivity index (χ3n) is 3.44. The summed E-state index contributed by atoms with van der Waals surface area (Å²) in [6.07, 6.45) is 0.382. The Kier molecular flexibility index (Phi) is 2.65. The minimum atomic E-state index is -0.368. The highest BCUT2D eigenvalue weighted by atomic mass is 35.5. The molecule has 0 saturated carbocycles. The van der Waals surface area contributed by atoms with Crippen LogP contribution in [0.4, 0.5) is 0 Å².